The first-order chi connectivity index (χ1) is 11.0. The number of halogens is 1. The summed E-state index contributed by atoms with van der Waals surface area (Å²) in [5.41, 5.74) is 2.21. The molecule has 0 radical (unpaired) electrons. The zero-order valence-corrected chi connectivity index (χ0v) is 15.8. The number of benzene rings is 1. The van der Waals surface area contributed by atoms with Crippen LogP contribution in [-0.4, -0.2) is 32.6 Å². The Morgan fingerprint density at radius 1 is 1.08 bits per heavy atom. The van der Waals surface area contributed by atoms with Gasteiger partial charge in [-0.25, -0.2) is 0 Å². The lowest BCUT2D eigenvalue weighted by Gasteiger charge is -2.29. The average Bonchev–Trinajstić information content (AvgIpc) is 2.55. The summed E-state index contributed by atoms with van der Waals surface area (Å²) < 4.78 is 28.1. The van der Waals surface area contributed by atoms with Gasteiger partial charge in [-0.1, -0.05) is 23.8 Å². The molecule has 0 aromatic heterocycles. The van der Waals surface area contributed by atoms with Crippen molar-refractivity contribution >= 4 is 28.6 Å². The van der Waals surface area contributed by atoms with Gasteiger partial charge in [0.05, 0.1) is 4.90 Å². The van der Waals surface area contributed by atoms with Gasteiger partial charge in [-0.2, -0.15) is 12.8 Å². The number of sulfonamides is 1. The van der Waals surface area contributed by atoms with E-state index in [0.29, 0.717) is 0 Å². The summed E-state index contributed by atoms with van der Waals surface area (Å²) in [6.45, 7) is 6.09. The quantitative estimate of drug-likeness (QED) is 0.578. The Kier molecular flexibility index (Phi) is 8.22. The van der Waals surface area contributed by atoms with Crippen molar-refractivity contribution in [1.29, 1.82) is 0 Å². The van der Waals surface area contributed by atoms with Gasteiger partial charge < -0.3 is 4.90 Å². The topological polar surface area (TPSA) is 49.7 Å². The van der Waals surface area contributed by atoms with Gasteiger partial charge in [0.2, 0.25) is 0 Å². The first kappa shape index (κ1) is 20.5. The fourth-order valence-electron chi connectivity index (χ4n) is 2.53. The Labute approximate surface area is 151 Å². The van der Waals surface area contributed by atoms with E-state index in [2.05, 4.69) is 15.4 Å². The lowest BCUT2D eigenvalue weighted by molar-refractivity contribution is 0.293. The minimum atomic E-state index is -3.63. The van der Waals surface area contributed by atoms with E-state index in [4.69, 9.17) is 0 Å². The van der Waals surface area contributed by atoms with Crippen molar-refractivity contribution < 1.29 is 8.42 Å². The predicted octanol–water partition coefficient (Wildman–Crippen LogP) is 4.20. The van der Waals surface area contributed by atoms with E-state index in [9.17, 15) is 8.42 Å². The van der Waals surface area contributed by atoms with Crippen molar-refractivity contribution in [3.05, 3.63) is 53.8 Å². The molecule has 0 aliphatic carbocycles. The van der Waals surface area contributed by atoms with Gasteiger partial charge in [0.25, 0.3) is 10.0 Å². The molecular weight excluding hydrogens is 344 g/mol. The first-order valence-electron chi connectivity index (χ1n) is 7.94. The Morgan fingerprint density at radius 2 is 1.71 bits per heavy atom. The number of hydrogen-bond acceptors (Lipinski definition) is 3. The molecule has 0 bridgehead atoms. The highest BCUT2D eigenvalue weighted by molar-refractivity contribution is 7.90. The minimum absolute atomic E-state index is 0. The molecule has 1 fully saturated rings. The molecule has 1 aromatic rings. The molecule has 0 amide bonds. The first-order valence-corrected chi connectivity index (χ1v) is 9.38. The monoisotopic (exact) mass is 368 g/mol. The van der Waals surface area contributed by atoms with Gasteiger partial charge in [0.1, 0.15) is 0 Å². The van der Waals surface area contributed by atoms with Crippen LogP contribution < -0.4 is 0 Å². The normalized spacial score (nSPS) is 15.9. The summed E-state index contributed by atoms with van der Waals surface area (Å²) in [5.74, 6) is 0. The molecule has 0 unspecified atom stereocenters. The molecule has 4 nitrogen and oxygen atoms in total. The van der Waals surface area contributed by atoms with Crippen LogP contribution in [0, 0.1) is 0 Å². The van der Waals surface area contributed by atoms with Crippen LogP contribution in [0.2, 0.25) is 0 Å². The van der Waals surface area contributed by atoms with Crippen molar-refractivity contribution in [2.24, 2.45) is 4.40 Å². The number of rotatable bonds is 5. The third kappa shape index (κ3) is 6.13. The lowest BCUT2D eigenvalue weighted by Crippen LogP contribution is -2.28. The molecular formula is C18H25ClN2O2S. The second-order valence-corrected chi connectivity index (χ2v) is 7.54. The summed E-state index contributed by atoms with van der Waals surface area (Å²) in [7, 11) is -3.63. The third-order valence-electron chi connectivity index (χ3n) is 3.64. The second-order valence-electron chi connectivity index (χ2n) is 5.90. The summed E-state index contributed by atoms with van der Waals surface area (Å²) in [6, 6.07) is 8.28. The molecule has 1 saturated heterocycles. The maximum atomic E-state index is 12.2. The van der Waals surface area contributed by atoms with Gasteiger partial charge in [-0.3, -0.25) is 0 Å². The Balaban J connectivity index is 0.00000288. The van der Waals surface area contributed by atoms with Crippen LogP contribution in [0.3, 0.4) is 0 Å². The zero-order chi connectivity index (χ0) is 16.7. The fraction of sp³-hybridized carbons (Fsp3) is 0.389. The maximum Gasteiger partial charge on any atom is 0.282 e. The molecule has 0 atom stereocenters. The molecule has 132 valence electrons. The molecule has 0 N–H and O–H groups in total. The van der Waals surface area contributed by atoms with Crippen molar-refractivity contribution in [2.75, 3.05) is 13.1 Å². The van der Waals surface area contributed by atoms with Crippen molar-refractivity contribution in [3.8, 4) is 0 Å². The third-order valence-corrected chi connectivity index (χ3v) is 4.91. The molecule has 24 heavy (non-hydrogen) atoms. The SMILES string of the molecule is CC(C)=C/C(=C\C=NS(=O)(=O)c1ccccc1)N1CCCCC1.Cl. The summed E-state index contributed by atoms with van der Waals surface area (Å²) in [4.78, 5) is 2.50. The molecule has 1 aliphatic rings. The molecule has 2 rings (SSSR count). The number of piperidine rings is 1. The van der Waals surface area contributed by atoms with Crippen LogP contribution in [0.5, 0.6) is 0 Å². The summed E-state index contributed by atoms with van der Waals surface area (Å²) >= 11 is 0. The van der Waals surface area contributed by atoms with E-state index < -0.39 is 10.0 Å². The standard InChI is InChI=1S/C18H24N2O2S.ClH/c1-16(2)15-17(20-13-7-4-8-14-20)11-12-19-23(21,22)18-9-5-3-6-10-18;/h3,5-6,9-12,15H,4,7-8,13-14H2,1-2H3;1H/b17-11+,19-12?;. The lowest BCUT2D eigenvalue weighted by atomic mass is 10.1. The number of hydrogen-bond donors (Lipinski definition) is 0. The number of allylic oxidation sites excluding steroid dienone is 3. The van der Waals surface area contributed by atoms with E-state index in [1.54, 1.807) is 36.4 Å². The maximum absolute atomic E-state index is 12.2. The van der Waals surface area contributed by atoms with Crippen molar-refractivity contribution in [3.63, 3.8) is 0 Å². The summed E-state index contributed by atoms with van der Waals surface area (Å²) in [6.07, 6.45) is 8.87. The van der Waals surface area contributed by atoms with Crippen LogP contribution in [0.25, 0.3) is 0 Å². The van der Waals surface area contributed by atoms with Crippen LogP contribution in [0.4, 0.5) is 0 Å². The molecule has 1 aromatic carbocycles. The Hall–Kier alpha value is -1.59. The molecule has 1 aliphatic heterocycles. The van der Waals surface area contributed by atoms with E-state index in [1.807, 2.05) is 13.8 Å². The Bertz CT molecular complexity index is 700. The second kappa shape index (κ2) is 9.64. The van der Waals surface area contributed by atoms with E-state index in [0.717, 1.165) is 18.8 Å². The van der Waals surface area contributed by atoms with Gasteiger partial charge >= 0.3 is 0 Å². The molecule has 0 spiro atoms. The van der Waals surface area contributed by atoms with Gasteiger partial charge in [0, 0.05) is 25.0 Å². The average molecular weight is 369 g/mol. The molecule has 1 heterocycles. The highest BCUT2D eigenvalue weighted by Gasteiger charge is 2.12. The van der Waals surface area contributed by atoms with Crippen LogP contribution in [0.15, 0.2) is 63.0 Å². The molecule has 6 heteroatoms. The summed E-state index contributed by atoms with van der Waals surface area (Å²) in [5, 5.41) is 0. The number of likely N-dealkylation sites (tertiary alicyclic amines) is 1. The van der Waals surface area contributed by atoms with E-state index in [1.165, 1.54) is 31.1 Å². The van der Waals surface area contributed by atoms with E-state index >= 15 is 0 Å². The van der Waals surface area contributed by atoms with E-state index in [-0.39, 0.29) is 17.3 Å². The highest BCUT2D eigenvalue weighted by atomic mass is 35.5. The van der Waals surface area contributed by atoms with Crippen molar-refractivity contribution in [1.82, 2.24) is 4.90 Å². The number of nitrogens with zero attached hydrogens (tertiary/aromatic N) is 2. The Morgan fingerprint density at radius 3 is 2.29 bits per heavy atom. The highest BCUT2D eigenvalue weighted by Crippen LogP contribution is 2.17. The minimum Gasteiger partial charge on any atom is -0.371 e. The van der Waals surface area contributed by atoms with Crippen LogP contribution >= 0.6 is 12.4 Å². The van der Waals surface area contributed by atoms with Gasteiger partial charge in [-0.15, -0.1) is 12.4 Å². The van der Waals surface area contributed by atoms with Gasteiger partial charge in [0.15, 0.2) is 0 Å². The largest absolute Gasteiger partial charge is 0.371 e. The fourth-order valence-corrected chi connectivity index (χ4v) is 3.38. The predicted molar refractivity (Wildman–Crippen MR) is 102 cm³/mol. The van der Waals surface area contributed by atoms with Crippen molar-refractivity contribution in [2.45, 2.75) is 38.0 Å². The smallest absolute Gasteiger partial charge is 0.282 e. The zero-order valence-electron chi connectivity index (χ0n) is 14.2. The van der Waals surface area contributed by atoms with Gasteiger partial charge in [-0.05, 0) is 57.4 Å². The van der Waals surface area contributed by atoms with Crippen LogP contribution in [-0.2, 0) is 10.0 Å². The molecule has 0 saturated carbocycles. The van der Waals surface area contributed by atoms with Crippen LogP contribution in [0.1, 0.15) is 33.1 Å².